The highest BCUT2D eigenvalue weighted by Gasteiger charge is 2.29. The first-order valence-corrected chi connectivity index (χ1v) is 9.67. The fourth-order valence-electron chi connectivity index (χ4n) is 3.13. The van der Waals surface area contributed by atoms with Crippen LogP contribution in [0.2, 0.25) is 0 Å². The summed E-state index contributed by atoms with van der Waals surface area (Å²) in [5, 5.41) is 19.9. The van der Waals surface area contributed by atoms with Crippen molar-refractivity contribution in [1.82, 2.24) is 0 Å². The zero-order valence-corrected chi connectivity index (χ0v) is 17.6. The number of carbonyl (C=O) groups is 2. The van der Waals surface area contributed by atoms with Gasteiger partial charge in [0.15, 0.2) is 17.3 Å². The lowest BCUT2D eigenvalue weighted by Crippen LogP contribution is -2.17. The third-order valence-electron chi connectivity index (χ3n) is 4.58. The van der Waals surface area contributed by atoms with Gasteiger partial charge >= 0.3 is 5.97 Å². The van der Waals surface area contributed by atoms with Crippen LogP contribution in [0, 0.1) is 0 Å². The van der Waals surface area contributed by atoms with E-state index in [1.165, 1.54) is 43.5 Å². The van der Waals surface area contributed by atoms with Crippen LogP contribution in [0.25, 0.3) is 0 Å². The third-order valence-corrected chi connectivity index (χ3v) is 4.58. The predicted molar refractivity (Wildman–Crippen MR) is 117 cm³/mol. The molecule has 7 heteroatoms. The Labute approximate surface area is 181 Å². The molecule has 1 unspecified atom stereocenters. The largest absolute Gasteiger partial charge is 0.504 e. The second-order valence-corrected chi connectivity index (χ2v) is 6.60. The normalized spacial score (nSPS) is 11.3. The molecule has 0 amide bonds. The van der Waals surface area contributed by atoms with E-state index in [2.05, 4.69) is 13.2 Å². The van der Waals surface area contributed by atoms with Gasteiger partial charge in [-0.1, -0.05) is 32.2 Å². The molecule has 0 aromatic heterocycles. The second kappa shape index (κ2) is 10.9. The number of hydrogen-bond donors (Lipinski definition) is 2. The third kappa shape index (κ3) is 5.45. The predicted octanol–water partition coefficient (Wildman–Crippen LogP) is 4.34. The van der Waals surface area contributed by atoms with Gasteiger partial charge < -0.3 is 24.4 Å². The van der Waals surface area contributed by atoms with Gasteiger partial charge in [-0.3, -0.25) is 9.59 Å². The standard InChI is InChI=1S/C24H26O7/c1-5-10-30-16-13-18(17(7-3)24(27)28)22(21(14-16)31-11-6-2)23(26)15-8-9-20(29-4)19(25)12-15/h5-6,8-9,12-14,17,25H,1-2,7,10-11H2,3-4H3,(H,27,28). The highest BCUT2D eigenvalue weighted by Crippen LogP contribution is 2.37. The van der Waals surface area contributed by atoms with Crippen LogP contribution >= 0.6 is 0 Å². The summed E-state index contributed by atoms with van der Waals surface area (Å²) in [6.07, 6.45) is 3.31. The molecule has 0 heterocycles. The summed E-state index contributed by atoms with van der Waals surface area (Å²) in [7, 11) is 1.40. The highest BCUT2D eigenvalue weighted by atomic mass is 16.5. The van der Waals surface area contributed by atoms with Crippen LogP contribution in [-0.4, -0.2) is 42.3 Å². The monoisotopic (exact) mass is 426 g/mol. The molecule has 0 aliphatic heterocycles. The molecule has 2 aromatic carbocycles. The summed E-state index contributed by atoms with van der Waals surface area (Å²) >= 11 is 0. The minimum absolute atomic E-state index is 0.0895. The van der Waals surface area contributed by atoms with E-state index in [0.717, 1.165) is 0 Å². The highest BCUT2D eigenvalue weighted by molar-refractivity contribution is 6.12. The molecule has 31 heavy (non-hydrogen) atoms. The lowest BCUT2D eigenvalue weighted by Gasteiger charge is -2.20. The molecule has 164 valence electrons. The number of phenols is 1. The Kier molecular flexibility index (Phi) is 8.25. The van der Waals surface area contributed by atoms with Crippen molar-refractivity contribution in [2.75, 3.05) is 20.3 Å². The van der Waals surface area contributed by atoms with E-state index in [4.69, 9.17) is 14.2 Å². The maximum atomic E-state index is 13.5. The van der Waals surface area contributed by atoms with Gasteiger partial charge in [0.25, 0.3) is 0 Å². The van der Waals surface area contributed by atoms with Gasteiger partial charge in [0.1, 0.15) is 24.7 Å². The van der Waals surface area contributed by atoms with Crippen molar-refractivity contribution in [3.05, 3.63) is 72.3 Å². The van der Waals surface area contributed by atoms with E-state index in [-0.39, 0.29) is 53.6 Å². The minimum atomic E-state index is -1.08. The molecule has 2 rings (SSSR count). The Morgan fingerprint density at radius 1 is 1.06 bits per heavy atom. The number of carboxylic acid groups (broad SMARTS) is 1. The molecule has 0 spiro atoms. The number of ketones is 1. The fourth-order valence-corrected chi connectivity index (χ4v) is 3.13. The number of rotatable bonds is 12. The summed E-state index contributed by atoms with van der Waals surface area (Å²) < 4.78 is 16.3. The van der Waals surface area contributed by atoms with E-state index in [9.17, 15) is 19.8 Å². The molecule has 1 atom stereocenters. The van der Waals surface area contributed by atoms with E-state index >= 15 is 0 Å². The van der Waals surface area contributed by atoms with Gasteiger partial charge in [-0.05, 0) is 36.2 Å². The maximum Gasteiger partial charge on any atom is 0.310 e. The van der Waals surface area contributed by atoms with Gasteiger partial charge in [0, 0.05) is 11.6 Å². The summed E-state index contributed by atoms with van der Waals surface area (Å²) in [5.74, 6) is -2.03. The van der Waals surface area contributed by atoms with Crippen LogP contribution in [0.3, 0.4) is 0 Å². The molecule has 0 fully saturated rings. The minimum Gasteiger partial charge on any atom is -0.504 e. The van der Waals surface area contributed by atoms with E-state index in [1.54, 1.807) is 13.0 Å². The number of benzene rings is 2. The molecule has 2 N–H and O–H groups in total. The molecule has 0 aliphatic carbocycles. The van der Waals surface area contributed by atoms with Crippen molar-refractivity contribution >= 4 is 11.8 Å². The van der Waals surface area contributed by atoms with Crippen molar-refractivity contribution < 1.29 is 34.0 Å². The van der Waals surface area contributed by atoms with E-state index in [1.807, 2.05) is 0 Å². The number of aromatic hydroxyl groups is 1. The summed E-state index contributed by atoms with van der Waals surface area (Å²) in [6, 6.07) is 7.28. The molecule has 7 nitrogen and oxygen atoms in total. The molecule has 0 aliphatic rings. The lowest BCUT2D eigenvalue weighted by molar-refractivity contribution is -0.138. The van der Waals surface area contributed by atoms with Gasteiger partial charge in [-0.25, -0.2) is 0 Å². The smallest absolute Gasteiger partial charge is 0.310 e. The zero-order chi connectivity index (χ0) is 23.0. The first kappa shape index (κ1) is 23.5. The summed E-state index contributed by atoms with van der Waals surface area (Å²) in [5.41, 5.74) is 0.505. The quantitative estimate of drug-likeness (QED) is 0.384. The number of aliphatic carboxylic acids is 1. The molecular formula is C24H26O7. The topological polar surface area (TPSA) is 102 Å². The number of carboxylic acids is 1. The first-order valence-electron chi connectivity index (χ1n) is 9.67. The van der Waals surface area contributed by atoms with Gasteiger partial charge in [0.2, 0.25) is 0 Å². The Hall–Kier alpha value is -3.74. The van der Waals surface area contributed by atoms with Crippen molar-refractivity contribution in [2.45, 2.75) is 19.3 Å². The van der Waals surface area contributed by atoms with E-state index in [0.29, 0.717) is 5.75 Å². The molecule has 0 bridgehead atoms. The summed E-state index contributed by atoms with van der Waals surface area (Å²) in [6.45, 7) is 9.24. The number of phenolic OH excluding ortho intramolecular Hbond substituents is 1. The molecule has 0 saturated carbocycles. The number of methoxy groups -OCH3 is 1. The molecule has 2 aromatic rings. The van der Waals surface area contributed by atoms with Crippen LogP contribution < -0.4 is 14.2 Å². The van der Waals surface area contributed by atoms with Gasteiger partial charge in [-0.2, -0.15) is 0 Å². The van der Waals surface area contributed by atoms with Crippen molar-refractivity contribution in [2.24, 2.45) is 0 Å². The van der Waals surface area contributed by atoms with Crippen molar-refractivity contribution in [1.29, 1.82) is 0 Å². The van der Waals surface area contributed by atoms with Crippen LogP contribution in [0.1, 0.15) is 40.7 Å². The van der Waals surface area contributed by atoms with Gasteiger partial charge in [-0.15, -0.1) is 0 Å². The lowest BCUT2D eigenvalue weighted by atomic mass is 9.87. The van der Waals surface area contributed by atoms with Crippen LogP contribution in [0.5, 0.6) is 23.0 Å². The molecule has 0 saturated heterocycles. The Morgan fingerprint density at radius 2 is 1.74 bits per heavy atom. The summed E-state index contributed by atoms with van der Waals surface area (Å²) in [4.78, 5) is 25.4. The number of hydrogen-bond acceptors (Lipinski definition) is 6. The SMILES string of the molecule is C=CCOc1cc(OCC=C)c(C(=O)c2ccc(OC)c(O)c2)c(C(CC)C(=O)O)c1. The second-order valence-electron chi connectivity index (χ2n) is 6.60. The van der Waals surface area contributed by atoms with Gasteiger partial charge in [0.05, 0.1) is 18.6 Å². The van der Waals surface area contributed by atoms with E-state index < -0.39 is 17.7 Å². The average Bonchev–Trinajstić information content (AvgIpc) is 2.75. The maximum absolute atomic E-state index is 13.5. The van der Waals surface area contributed by atoms with Crippen molar-refractivity contribution in [3.63, 3.8) is 0 Å². The van der Waals surface area contributed by atoms with Crippen LogP contribution in [-0.2, 0) is 4.79 Å². The first-order chi connectivity index (χ1) is 14.9. The van der Waals surface area contributed by atoms with Crippen molar-refractivity contribution in [3.8, 4) is 23.0 Å². The fraction of sp³-hybridized carbons (Fsp3) is 0.250. The van der Waals surface area contributed by atoms with Crippen LogP contribution in [0.15, 0.2) is 55.6 Å². The molecule has 0 radical (unpaired) electrons. The molecular weight excluding hydrogens is 400 g/mol. The Balaban J connectivity index is 2.74. The number of ether oxygens (including phenoxy) is 3. The Bertz CT molecular complexity index is 978. The average molecular weight is 426 g/mol. The number of carbonyl (C=O) groups excluding carboxylic acids is 1. The van der Waals surface area contributed by atoms with Crippen LogP contribution in [0.4, 0.5) is 0 Å². The Morgan fingerprint density at radius 3 is 2.29 bits per heavy atom. The zero-order valence-electron chi connectivity index (χ0n) is 17.6.